The van der Waals surface area contributed by atoms with Crippen LogP contribution in [0.25, 0.3) is 10.9 Å². The molecular weight excluding hydrogens is 228 g/mol. The summed E-state index contributed by atoms with van der Waals surface area (Å²) in [6, 6.07) is 9.59. The Kier molecular flexibility index (Phi) is 3.39. The van der Waals surface area contributed by atoms with E-state index in [1.807, 2.05) is 37.3 Å². The first-order valence-corrected chi connectivity index (χ1v) is 5.92. The van der Waals surface area contributed by atoms with Crippen LogP contribution < -0.4 is 0 Å². The quantitative estimate of drug-likeness (QED) is 0.753. The van der Waals surface area contributed by atoms with Crippen LogP contribution in [-0.4, -0.2) is 17.2 Å². The Bertz CT molecular complexity index is 499. The third-order valence-corrected chi connectivity index (χ3v) is 3.18. The number of alkyl halides is 2. The lowest BCUT2D eigenvalue weighted by atomic mass is 10.1. The number of para-hydroxylation sites is 1. The van der Waals surface area contributed by atoms with Gasteiger partial charge in [0.05, 0.1) is 16.3 Å². The fourth-order valence-electron chi connectivity index (χ4n) is 1.54. The van der Waals surface area contributed by atoms with Crippen LogP contribution in [0.3, 0.4) is 0 Å². The lowest BCUT2D eigenvalue weighted by Crippen LogP contribution is -1.95. The number of benzene rings is 1. The van der Waals surface area contributed by atoms with Crippen LogP contribution in [0, 0.1) is 6.92 Å². The van der Waals surface area contributed by atoms with Crippen LogP contribution in [0.4, 0.5) is 8.78 Å². The molecule has 0 radical (unpaired) electrons. The summed E-state index contributed by atoms with van der Waals surface area (Å²) in [4.78, 5) is 4.34. The summed E-state index contributed by atoms with van der Waals surface area (Å²) in [7, 11) is 0. The molecule has 84 valence electrons. The monoisotopic (exact) mass is 239 g/mol. The zero-order valence-corrected chi connectivity index (χ0v) is 9.60. The van der Waals surface area contributed by atoms with Crippen molar-refractivity contribution in [1.29, 1.82) is 0 Å². The van der Waals surface area contributed by atoms with E-state index in [1.165, 1.54) is 0 Å². The van der Waals surface area contributed by atoms with Gasteiger partial charge in [-0.15, -0.1) is 11.8 Å². The number of pyridine rings is 1. The molecule has 0 aliphatic heterocycles. The molecule has 2 rings (SSSR count). The summed E-state index contributed by atoms with van der Waals surface area (Å²) in [5.41, 5.74) is 1.93. The number of aromatic nitrogens is 1. The van der Waals surface area contributed by atoms with E-state index in [9.17, 15) is 8.78 Å². The molecule has 0 amide bonds. The summed E-state index contributed by atoms with van der Waals surface area (Å²) in [6.45, 7) is 1.97. The van der Waals surface area contributed by atoms with Crippen molar-refractivity contribution >= 4 is 22.7 Å². The van der Waals surface area contributed by atoms with Crippen molar-refractivity contribution in [1.82, 2.24) is 4.98 Å². The Labute approximate surface area is 96.9 Å². The van der Waals surface area contributed by atoms with Gasteiger partial charge in [0, 0.05) is 5.39 Å². The molecule has 1 nitrogen and oxygen atoms in total. The molecule has 0 aliphatic carbocycles. The third kappa shape index (κ3) is 2.50. The summed E-state index contributed by atoms with van der Waals surface area (Å²) in [5.74, 6) is -0.204. The SMILES string of the molecule is Cc1cc(SCC(F)F)nc2ccccc12. The molecular formula is C12H11F2NS. The van der Waals surface area contributed by atoms with Gasteiger partial charge in [0.25, 0.3) is 0 Å². The summed E-state index contributed by atoms with van der Waals surface area (Å²) >= 11 is 1.10. The molecule has 0 saturated heterocycles. The van der Waals surface area contributed by atoms with Crippen molar-refractivity contribution in [3.8, 4) is 0 Å². The van der Waals surface area contributed by atoms with Gasteiger partial charge in [-0.3, -0.25) is 0 Å². The highest BCUT2D eigenvalue weighted by Gasteiger charge is 2.06. The van der Waals surface area contributed by atoms with Gasteiger partial charge in [0.1, 0.15) is 0 Å². The van der Waals surface area contributed by atoms with Crippen LogP contribution in [0.1, 0.15) is 5.56 Å². The minimum atomic E-state index is -2.29. The highest BCUT2D eigenvalue weighted by molar-refractivity contribution is 7.99. The van der Waals surface area contributed by atoms with E-state index in [-0.39, 0.29) is 5.75 Å². The second-order valence-corrected chi connectivity index (χ2v) is 4.54. The maximum Gasteiger partial charge on any atom is 0.247 e. The van der Waals surface area contributed by atoms with Gasteiger partial charge in [-0.2, -0.15) is 0 Å². The van der Waals surface area contributed by atoms with Crippen molar-refractivity contribution in [3.05, 3.63) is 35.9 Å². The smallest absolute Gasteiger partial charge is 0.241 e. The Morgan fingerprint density at radius 3 is 2.81 bits per heavy atom. The van der Waals surface area contributed by atoms with E-state index in [2.05, 4.69) is 4.98 Å². The molecule has 0 aliphatic rings. The van der Waals surface area contributed by atoms with Crippen LogP contribution in [0.2, 0.25) is 0 Å². The number of halogens is 2. The van der Waals surface area contributed by atoms with Gasteiger partial charge >= 0.3 is 0 Å². The van der Waals surface area contributed by atoms with Gasteiger partial charge in [0.2, 0.25) is 6.43 Å². The average Bonchev–Trinajstić information content (AvgIpc) is 2.26. The third-order valence-electron chi connectivity index (χ3n) is 2.26. The van der Waals surface area contributed by atoms with E-state index < -0.39 is 6.43 Å². The summed E-state index contributed by atoms with van der Waals surface area (Å²) < 4.78 is 24.2. The highest BCUT2D eigenvalue weighted by atomic mass is 32.2. The number of nitrogens with zero attached hydrogens (tertiary/aromatic N) is 1. The van der Waals surface area contributed by atoms with E-state index in [0.717, 1.165) is 28.2 Å². The lowest BCUT2D eigenvalue weighted by molar-refractivity contribution is 0.177. The van der Waals surface area contributed by atoms with Crippen LogP contribution in [-0.2, 0) is 0 Å². The molecule has 0 bridgehead atoms. The summed E-state index contributed by atoms with van der Waals surface area (Å²) in [5, 5.41) is 1.74. The molecule has 0 spiro atoms. The van der Waals surface area contributed by atoms with E-state index in [4.69, 9.17) is 0 Å². The Morgan fingerprint density at radius 2 is 2.06 bits per heavy atom. The molecule has 0 N–H and O–H groups in total. The van der Waals surface area contributed by atoms with Gasteiger partial charge < -0.3 is 0 Å². The second kappa shape index (κ2) is 4.78. The second-order valence-electron chi connectivity index (χ2n) is 3.50. The molecule has 0 atom stereocenters. The zero-order chi connectivity index (χ0) is 11.5. The predicted octanol–water partition coefficient (Wildman–Crippen LogP) is 3.90. The Morgan fingerprint density at radius 1 is 1.31 bits per heavy atom. The number of rotatable bonds is 3. The Balaban J connectivity index is 2.34. The predicted molar refractivity (Wildman–Crippen MR) is 63.2 cm³/mol. The average molecular weight is 239 g/mol. The van der Waals surface area contributed by atoms with E-state index in [1.54, 1.807) is 0 Å². The maximum absolute atomic E-state index is 12.1. The molecule has 4 heteroatoms. The largest absolute Gasteiger partial charge is 0.247 e. The normalized spacial score (nSPS) is 11.2. The van der Waals surface area contributed by atoms with Crippen LogP contribution in [0.5, 0.6) is 0 Å². The molecule has 1 aromatic carbocycles. The van der Waals surface area contributed by atoms with Crippen molar-refractivity contribution in [2.45, 2.75) is 18.4 Å². The topological polar surface area (TPSA) is 12.9 Å². The van der Waals surface area contributed by atoms with E-state index >= 15 is 0 Å². The Hall–Kier alpha value is -1.16. The number of thioether (sulfide) groups is 1. The number of hydrogen-bond donors (Lipinski definition) is 0. The minimum absolute atomic E-state index is 0.204. The molecule has 1 aromatic heterocycles. The summed E-state index contributed by atoms with van der Waals surface area (Å²) in [6.07, 6.45) is -2.29. The lowest BCUT2D eigenvalue weighted by Gasteiger charge is -2.05. The molecule has 0 unspecified atom stereocenters. The number of hydrogen-bond acceptors (Lipinski definition) is 2. The van der Waals surface area contributed by atoms with E-state index in [0.29, 0.717) is 5.03 Å². The molecule has 1 heterocycles. The van der Waals surface area contributed by atoms with Crippen molar-refractivity contribution in [2.75, 3.05) is 5.75 Å². The number of aryl methyl sites for hydroxylation is 1. The molecule has 0 saturated carbocycles. The van der Waals surface area contributed by atoms with Gasteiger partial charge in [-0.05, 0) is 24.6 Å². The molecule has 2 aromatic rings. The van der Waals surface area contributed by atoms with Crippen molar-refractivity contribution in [2.24, 2.45) is 0 Å². The van der Waals surface area contributed by atoms with Crippen LogP contribution >= 0.6 is 11.8 Å². The fraction of sp³-hybridized carbons (Fsp3) is 0.250. The first-order chi connectivity index (χ1) is 7.66. The first-order valence-electron chi connectivity index (χ1n) is 4.94. The van der Waals surface area contributed by atoms with Gasteiger partial charge in [-0.25, -0.2) is 13.8 Å². The van der Waals surface area contributed by atoms with Crippen LogP contribution in [0.15, 0.2) is 35.4 Å². The minimum Gasteiger partial charge on any atom is -0.241 e. The molecule has 16 heavy (non-hydrogen) atoms. The van der Waals surface area contributed by atoms with Gasteiger partial charge in [-0.1, -0.05) is 18.2 Å². The standard InChI is InChI=1S/C12H11F2NS/c1-8-6-12(16-7-11(13)14)15-10-5-3-2-4-9(8)10/h2-6,11H,7H2,1H3. The molecule has 0 fully saturated rings. The zero-order valence-electron chi connectivity index (χ0n) is 8.78. The van der Waals surface area contributed by atoms with Crippen molar-refractivity contribution in [3.63, 3.8) is 0 Å². The number of fused-ring (bicyclic) bond motifs is 1. The maximum atomic E-state index is 12.1. The fourth-order valence-corrected chi connectivity index (χ4v) is 2.26. The van der Waals surface area contributed by atoms with Crippen molar-refractivity contribution < 1.29 is 8.78 Å². The van der Waals surface area contributed by atoms with Gasteiger partial charge in [0.15, 0.2) is 0 Å². The highest BCUT2D eigenvalue weighted by Crippen LogP contribution is 2.24. The first kappa shape index (κ1) is 11.3.